The quantitative estimate of drug-likeness (QED) is 0.653. The van der Waals surface area contributed by atoms with Crippen LogP contribution in [0, 0.1) is 0 Å². The third kappa shape index (κ3) is 5.03. The minimum Gasteiger partial charge on any atom is -0.383 e. The van der Waals surface area contributed by atoms with Gasteiger partial charge in [-0.15, -0.1) is 10.2 Å². The van der Waals surface area contributed by atoms with E-state index in [1.165, 1.54) is 18.2 Å². The summed E-state index contributed by atoms with van der Waals surface area (Å²) in [5.74, 6) is 0.929. The molecule has 0 unspecified atom stereocenters. The van der Waals surface area contributed by atoms with Crippen LogP contribution in [0.4, 0.5) is 0 Å². The Bertz CT molecular complexity index is 760. The van der Waals surface area contributed by atoms with Crippen molar-refractivity contribution in [1.82, 2.24) is 19.7 Å². The van der Waals surface area contributed by atoms with Gasteiger partial charge in [-0.2, -0.15) is 0 Å². The number of methoxy groups -OCH3 is 1. The molecule has 2 aromatic rings. The van der Waals surface area contributed by atoms with Gasteiger partial charge in [0.25, 0.3) is 0 Å². The molecule has 1 amide bonds. The Morgan fingerprint density at radius 3 is 2.59 bits per heavy atom. The number of thioether (sulfide) groups is 1. The first kappa shape index (κ1) is 20.2. The van der Waals surface area contributed by atoms with Gasteiger partial charge in [-0.25, -0.2) is 0 Å². The molecule has 0 saturated carbocycles. The third-order valence-electron chi connectivity index (χ3n) is 4.64. The lowest BCUT2D eigenvalue weighted by Crippen LogP contribution is -2.40. The molecular weight excluding hydrogens is 384 g/mol. The van der Waals surface area contributed by atoms with Gasteiger partial charge in [-0.3, -0.25) is 9.36 Å². The Morgan fingerprint density at radius 2 is 1.93 bits per heavy atom. The van der Waals surface area contributed by atoms with Gasteiger partial charge < -0.3 is 9.64 Å². The number of hydrogen-bond acceptors (Lipinski definition) is 5. The summed E-state index contributed by atoms with van der Waals surface area (Å²) < 4.78 is 7.26. The van der Waals surface area contributed by atoms with Crippen molar-refractivity contribution < 1.29 is 9.53 Å². The van der Waals surface area contributed by atoms with Crippen LogP contribution in [-0.2, 0) is 16.1 Å². The minimum absolute atomic E-state index is 0.175. The van der Waals surface area contributed by atoms with Crippen molar-refractivity contribution in [3.8, 4) is 11.4 Å². The maximum Gasteiger partial charge on any atom is 0.235 e. The number of carbonyl (C=O) groups excluding carboxylic acids is 1. The lowest BCUT2D eigenvalue weighted by Gasteiger charge is -2.28. The van der Waals surface area contributed by atoms with Gasteiger partial charge in [-0.1, -0.05) is 23.4 Å². The van der Waals surface area contributed by atoms with Crippen LogP contribution >= 0.6 is 23.4 Å². The van der Waals surface area contributed by atoms with E-state index in [0.717, 1.165) is 42.5 Å². The number of hydrogen-bond donors (Lipinski definition) is 0. The molecule has 1 saturated heterocycles. The summed E-state index contributed by atoms with van der Waals surface area (Å²) in [6, 6.07) is 7.52. The van der Waals surface area contributed by atoms with Crippen LogP contribution in [-0.4, -0.2) is 57.6 Å². The molecule has 8 heteroatoms. The molecule has 0 radical (unpaired) electrons. The highest BCUT2D eigenvalue weighted by Crippen LogP contribution is 2.28. The molecule has 0 spiro atoms. The molecule has 146 valence electrons. The van der Waals surface area contributed by atoms with Crippen LogP contribution in [0.2, 0.25) is 5.02 Å². The molecule has 3 rings (SSSR count). The van der Waals surface area contributed by atoms with E-state index in [9.17, 15) is 4.79 Å². The second kappa shape index (κ2) is 9.57. The highest BCUT2D eigenvalue weighted by atomic mass is 35.5. The first-order valence-corrected chi connectivity index (χ1v) is 10.5. The number of halogens is 1. The van der Waals surface area contributed by atoms with E-state index in [1.54, 1.807) is 7.11 Å². The Hall–Kier alpha value is -1.57. The van der Waals surface area contributed by atoms with Crippen LogP contribution in [0.1, 0.15) is 26.2 Å². The van der Waals surface area contributed by atoms with Gasteiger partial charge >= 0.3 is 0 Å². The summed E-state index contributed by atoms with van der Waals surface area (Å²) in [4.78, 5) is 14.7. The molecule has 0 aliphatic carbocycles. The van der Waals surface area contributed by atoms with Gasteiger partial charge in [-0.05, 0) is 50.5 Å². The smallest absolute Gasteiger partial charge is 0.235 e. The number of benzene rings is 1. The monoisotopic (exact) mass is 408 g/mol. The Labute approximate surface area is 169 Å². The first-order chi connectivity index (χ1) is 13.1. The van der Waals surface area contributed by atoms with Crippen molar-refractivity contribution in [3.63, 3.8) is 0 Å². The zero-order valence-corrected chi connectivity index (χ0v) is 17.3. The van der Waals surface area contributed by atoms with Gasteiger partial charge in [0.1, 0.15) is 0 Å². The van der Waals surface area contributed by atoms with E-state index in [2.05, 4.69) is 10.2 Å². The molecule has 0 N–H and O–H groups in total. The third-order valence-corrected chi connectivity index (χ3v) is 5.96. The molecule has 1 aliphatic heterocycles. The van der Waals surface area contributed by atoms with E-state index in [0.29, 0.717) is 18.2 Å². The fourth-order valence-corrected chi connectivity index (χ4v) is 4.24. The second-order valence-electron chi connectivity index (χ2n) is 6.60. The van der Waals surface area contributed by atoms with Crippen LogP contribution in [0.15, 0.2) is 29.4 Å². The average molecular weight is 409 g/mol. The summed E-state index contributed by atoms with van der Waals surface area (Å²) >= 11 is 7.45. The van der Waals surface area contributed by atoms with Crippen LogP contribution in [0.3, 0.4) is 0 Å². The Kier molecular flexibility index (Phi) is 7.15. The molecule has 0 bridgehead atoms. The average Bonchev–Trinajstić information content (AvgIpc) is 3.09. The lowest BCUT2D eigenvalue weighted by molar-refractivity contribution is -0.131. The van der Waals surface area contributed by atoms with Crippen LogP contribution < -0.4 is 0 Å². The number of piperidine rings is 1. The molecule has 27 heavy (non-hydrogen) atoms. The van der Waals surface area contributed by atoms with Crippen molar-refractivity contribution >= 4 is 29.3 Å². The maximum atomic E-state index is 12.8. The normalized spacial score (nSPS) is 15.7. The molecule has 1 aliphatic rings. The van der Waals surface area contributed by atoms with Crippen molar-refractivity contribution in [3.05, 3.63) is 29.3 Å². The fraction of sp³-hybridized carbons (Fsp3) is 0.526. The Balaban J connectivity index is 1.79. The summed E-state index contributed by atoms with van der Waals surface area (Å²) in [5.41, 5.74) is 0.935. The van der Waals surface area contributed by atoms with Crippen molar-refractivity contribution in [2.75, 3.05) is 26.8 Å². The van der Waals surface area contributed by atoms with Crippen LogP contribution in [0.5, 0.6) is 0 Å². The summed E-state index contributed by atoms with van der Waals surface area (Å²) in [5, 5.41) is 9.92. The molecule has 1 aromatic heterocycles. The predicted molar refractivity (Wildman–Crippen MR) is 108 cm³/mol. The van der Waals surface area contributed by atoms with Crippen LogP contribution in [0.25, 0.3) is 11.4 Å². The Morgan fingerprint density at radius 1 is 1.22 bits per heavy atom. The predicted octanol–water partition coefficient (Wildman–Crippen LogP) is 3.74. The van der Waals surface area contributed by atoms with Gasteiger partial charge in [0.05, 0.1) is 18.4 Å². The minimum atomic E-state index is -0.202. The molecule has 1 atom stereocenters. The van der Waals surface area contributed by atoms with E-state index in [4.69, 9.17) is 16.3 Å². The number of aromatic nitrogens is 3. The lowest BCUT2D eigenvalue weighted by atomic mass is 10.1. The van der Waals surface area contributed by atoms with E-state index >= 15 is 0 Å². The fourth-order valence-electron chi connectivity index (χ4n) is 3.15. The summed E-state index contributed by atoms with van der Waals surface area (Å²) in [7, 11) is 1.67. The standard InChI is InChI=1S/C19H25ClN4O2S/c1-14(18(25)23-10-4-3-5-11-23)27-19-22-21-17(24(19)12-13-26-2)15-6-8-16(20)9-7-15/h6-9,14H,3-5,10-13H2,1-2H3/t14-/m0/s1. The maximum absolute atomic E-state index is 12.8. The summed E-state index contributed by atoms with van der Waals surface area (Å²) in [6.45, 7) is 4.82. The second-order valence-corrected chi connectivity index (χ2v) is 8.35. The van der Waals surface area contributed by atoms with E-state index in [-0.39, 0.29) is 11.2 Å². The number of amides is 1. The first-order valence-electron chi connectivity index (χ1n) is 9.23. The highest BCUT2D eigenvalue weighted by molar-refractivity contribution is 8.00. The molecule has 2 heterocycles. The number of ether oxygens (including phenoxy) is 1. The van der Waals surface area contributed by atoms with Gasteiger partial charge in [0.2, 0.25) is 5.91 Å². The van der Waals surface area contributed by atoms with Crippen molar-refractivity contribution in [1.29, 1.82) is 0 Å². The highest BCUT2D eigenvalue weighted by Gasteiger charge is 2.25. The van der Waals surface area contributed by atoms with Crippen molar-refractivity contribution in [2.45, 2.75) is 43.1 Å². The number of rotatable bonds is 7. The summed E-state index contributed by atoms with van der Waals surface area (Å²) in [6.07, 6.45) is 3.39. The van der Waals surface area contributed by atoms with Crippen molar-refractivity contribution in [2.24, 2.45) is 0 Å². The van der Waals surface area contributed by atoms with Gasteiger partial charge in [0.15, 0.2) is 11.0 Å². The zero-order valence-electron chi connectivity index (χ0n) is 15.7. The zero-order chi connectivity index (χ0) is 19.2. The molecular formula is C19H25ClN4O2S. The topological polar surface area (TPSA) is 60.2 Å². The van der Waals surface area contributed by atoms with E-state index in [1.807, 2.05) is 40.7 Å². The number of likely N-dealkylation sites (tertiary alicyclic amines) is 1. The molecule has 1 fully saturated rings. The molecule has 1 aromatic carbocycles. The van der Waals surface area contributed by atoms with Gasteiger partial charge in [0, 0.05) is 30.8 Å². The SMILES string of the molecule is COCCn1c(S[C@@H](C)C(=O)N2CCCCC2)nnc1-c1ccc(Cl)cc1. The number of carbonyl (C=O) groups is 1. The molecule has 6 nitrogen and oxygen atoms in total. The number of nitrogens with zero attached hydrogens (tertiary/aromatic N) is 4. The van der Waals surface area contributed by atoms with E-state index < -0.39 is 0 Å². The largest absolute Gasteiger partial charge is 0.383 e.